The highest BCUT2D eigenvalue weighted by atomic mass is 16.5. The number of carbonyl (C=O) groups is 2. The summed E-state index contributed by atoms with van der Waals surface area (Å²) >= 11 is 0. The fraction of sp³-hybridized carbons (Fsp3) is 0.276. The Hall–Kier alpha value is -4.73. The maximum Gasteiger partial charge on any atom is 0.251 e. The third kappa shape index (κ3) is 6.78. The largest absolute Gasteiger partial charge is 0.508 e. The molecule has 0 fully saturated rings. The molecule has 39 heavy (non-hydrogen) atoms. The van der Waals surface area contributed by atoms with Crippen LogP contribution in [0.5, 0.6) is 11.5 Å². The first-order chi connectivity index (χ1) is 18.5. The number of carbonyl (C=O) groups excluding carboxylic acids is 2. The molecule has 3 aromatic carbocycles. The first kappa shape index (κ1) is 27.3. The van der Waals surface area contributed by atoms with Crippen LogP contribution in [-0.2, 0) is 16.1 Å². The number of nitrogens with one attached hydrogen (secondary N) is 1. The first-order valence-electron chi connectivity index (χ1n) is 12.5. The van der Waals surface area contributed by atoms with Crippen LogP contribution < -0.4 is 15.0 Å². The molecule has 0 spiro atoms. The number of methoxy groups -OCH3 is 1. The fourth-order valence-corrected chi connectivity index (χ4v) is 4.05. The average Bonchev–Trinajstić information content (AvgIpc) is 3.35. The van der Waals surface area contributed by atoms with Crippen LogP contribution in [0.1, 0.15) is 37.9 Å². The molecular weight excluding hydrogens is 496 g/mol. The second-order valence-electron chi connectivity index (χ2n) is 10.2. The van der Waals surface area contributed by atoms with E-state index in [-0.39, 0.29) is 12.3 Å². The van der Waals surface area contributed by atoms with Gasteiger partial charge in [-0.3, -0.25) is 14.5 Å². The summed E-state index contributed by atoms with van der Waals surface area (Å²) in [4.78, 5) is 30.2. The number of nitrogens with zero attached hydrogens (tertiary/aromatic N) is 5. The predicted molar refractivity (Wildman–Crippen MR) is 147 cm³/mol. The lowest BCUT2D eigenvalue weighted by Crippen LogP contribution is -2.50. The van der Waals surface area contributed by atoms with Gasteiger partial charge in [0.15, 0.2) is 0 Å². The lowest BCUT2D eigenvalue weighted by Gasteiger charge is -2.33. The van der Waals surface area contributed by atoms with Crippen molar-refractivity contribution in [3.05, 3.63) is 83.9 Å². The Balaban J connectivity index is 1.74. The van der Waals surface area contributed by atoms with E-state index in [4.69, 9.17) is 4.74 Å². The molecule has 4 aromatic rings. The summed E-state index contributed by atoms with van der Waals surface area (Å²) in [5.41, 5.74) is 2.20. The van der Waals surface area contributed by atoms with E-state index in [1.54, 1.807) is 43.5 Å². The van der Waals surface area contributed by atoms with Crippen molar-refractivity contribution >= 4 is 17.5 Å². The lowest BCUT2D eigenvalue weighted by atomic mass is 10.0. The summed E-state index contributed by atoms with van der Waals surface area (Å²) < 4.78 is 5.28. The van der Waals surface area contributed by atoms with Gasteiger partial charge in [-0.1, -0.05) is 48.0 Å². The smallest absolute Gasteiger partial charge is 0.251 e. The number of aryl methyl sites for hydroxylation is 1. The minimum atomic E-state index is -1.07. The molecule has 0 saturated heterocycles. The second kappa shape index (κ2) is 11.3. The van der Waals surface area contributed by atoms with Crippen molar-refractivity contribution in [1.82, 2.24) is 25.5 Å². The number of benzene rings is 3. The average molecular weight is 529 g/mol. The fourth-order valence-electron chi connectivity index (χ4n) is 4.05. The zero-order valence-corrected chi connectivity index (χ0v) is 22.6. The molecule has 0 aliphatic carbocycles. The van der Waals surface area contributed by atoms with Crippen molar-refractivity contribution in [2.75, 3.05) is 12.0 Å². The molecule has 1 heterocycles. The molecule has 1 aromatic heterocycles. The number of amides is 2. The van der Waals surface area contributed by atoms with Gasteiger partial charge >= 0.3 is 0 Å². The van der Waals surface area contributed by atoms with E-state index in [0.29, 0.717) is 22.8 Å². The van der Waals surface area contributed by atoms with Crippen molar-refractivity contribution in [3.8, 4) is 22.9 Å². The van der Waals surface area contributed by atoms with Crippen LogP contribution in [0.3, 0.4) is 0 Å². The third-order valence-electron chi connectivity index (χ3n) is 5.85. The van der Waals surface area contributed by atoms with Gasteiger partial charge in [0, 0.05) is 22.9 Å². The van der Waals surface area contributed by atoms with Crippen molar-refractivity contribution < 1.29 is 19.4 Å². The van der Waals surface area contributed by atoms with E-state index >= 15 is 0 Å². The van der Waals surface area contributed by atoms with Crippen LogP contribution in [0, 0.1) is 6.92 Å². The third-order valence-corrected chi connectivity index (χ3v) is 5.85. The Morgan fingerprint density at radius 3 is 2.36 bits per heavy atom. The highest BCUT2D eigenvalue weighted by Gasteiger charge is 2.35. The number of hydrogen-bond acceptors (Lipinski definition) is 7. The standard InChI is InChI=1S/C29H32N6O4/c1-19-9-11-21(12-10-19)27-31-33-34(32-27)18-25(37)35(22-7-6-8-23(36)17-22)26(28(38)30-29(2,3)4)20-13-15-24(39-5)16-14-20/h6-17,26,36H,18H2,1-5H3,(H,30,38)/t26-/m1/s1. The molecule has 10 nitrogen and oxygen atoms in total. The van der Waals surface area contributed by atoms with Crippen molar-refractivity contribution in [2.45, 2.75) is 45.8 Å². The molecule has 4 rings (SSSR count). The SMILES string of the molecule is COc1ccc([C@H](C(=O)NC(C)(C)C)N(C(=O)Cn2nnc(-c3ccc(C)cc3)n2)c2cccc(O)c2)cc1. The van der Waals surface area contributed by atoms with E-state index < -0.39 is 23.4 Å². The zero-order chi connectivity index (χ0) is 28.2. The monoisotopic (exact) mass is 528 g/mol. The Labute approximate surface area is 227 Å². The van der Waals surface area contributed by atoms with Crippen molar-refractivity contribution in [3.63, 3.8) is 0 Å². The van der Waals surface area contributed by atoms with Gasteiger partial charge in [-0.15, -0.1) is 10.2 Å². The highest BCUT2D eigenvalue weighted by Crippen LogP contribution is 2.32. The van der Waals surface area contributed by atoms with Gasteiger partial charge in [0.05, 0.1) is 7.11 Å². The van der Waals surface area contributed by atoms with Crippen molar-refractivity contribution in [1.29, 1.82) is 0 Å². The molecule has 0 saturated carbocycles. The Morgan fingerprint density at radius 2 is 1.74 bits per heavy atom. The molecule has 0 bridgehead atoms. The van der Waals surface area contributed by atoms with Crippen LogP contribution in [0.4, 0.5) is 5.69 Å². The van der Waals surface area contributed by atoms with Gasteiger partial charge in [-0.2, -0.15) is 4.80 Å². The topological polar surface area (TPSA) is 122 Å². The molecule has 0 unspecified atom stereocenters. The second-order valence-corrected chi connectivity index (χ2v) is 10.2. The summed E-state index contributed by atoms with van der Waals surface area (Å²) in [6, 6.07) is 19.7. The maximum atomic E-state index is 13.9. The number of aromatic nitrogens is 4. The predicted octanol–water partition coefficient (Wildman–Crippen LogP) is 4.05. The number of phenolic OH excluding ortho intramolecular Hbond substituents is 1. The van der Waals surface area contributed by atoms with Crippen LogP contribution in [0.15, 0.2) is 72.8 Å². The molecular formula is C29H32N6O4. The van der Waals surface area contributed by atoms with Gasteiger partial charge in [-0.25, -0.2) is 0 Å². The Bertz CT molecular complexity index is 1440. The molecule has 0 aliphatic heterocycles. The van der Waals surface area contributed by atoms with E-state index in [1.165, 1.54) is 21.8 Å². The highest BCUT2D eigenvalue weighted by molar-refractivity contribution is 6.01. The molecule has 0 radical (unpaired) electrons. The quantitative estimate of drug-likeness (QED) is 0.354. The van der Waals surface area contributed by atoms with E-state index in [0.717, 1.165) is 11.1 Å². The van der Waals surface area contributed by atoms with Crippen LogP contribution in [0.2, 0.25) is 0 Å². The minimum absolute atomic E-state index is 0.0458. The number of aromatic hydroxyl groups is 1. The van der Waals surface area contributed by atoms with E-state index in [2.05, 4.69) is 20.7 Å². The van der Waals surface area contributed by atoms with Gasteiger partial charge in [0.1, 0.15) is 24.1 Å². The summed E-state index contributed by atoms with van der Waals surface area (Å²) in [5, 5.41) is 25.8. The lowest BCUT2D eigenvalue weighted by molar-refractivity contribution is -0.128. The first-order valence-corrected chi connectivity index (χ1v) is 12.5. The van der Waals surface area contributed by atoms with Crippen LogP contribution in [0.25, 0.3) is 11.4 Å². The number of tetrazole rings is 1. The van der Waals surface area contributed by atoms with Gasteiger partial charge in [-0.05, 0) is 62.7 Å². The van der Waals surface area contributed by atoms with Crippen LogP contribution >= 0.6 is 0 Å². The minimum Gasteiger partial charge on any atom is -0.508 e. The molecule has 2 N–H and O–H groups in total. The number of anilines is 1. The van der Waals surface area contributed by atoms with E-state index in [1.807, 2.05) is 52.0 Å². The van der Waals surface area contributed by atoms with E-state index in [9.17, 15) is 14.7 Å². The molecule has 1 atom stereocenters. The number of hydrogen-bond donors (Lipinski definition) is 2. The summed E-state index contributed by atoms with van der Waals surface area (Å²) in [5.74, 6) is 0.0773. The summed E-state index contributed by atoms with van der Waals surface area (Å²) in [6.45, 7) is 7.29. The molecule has 0 aliphatic rings. The Kier molecular flexibility index (Phi) is 7.94. The summed E-state index contributed by atoms with van der Waals surface area (Å²) in [6.07, 6.45) is 0. The van der Waals surface area contributed by atoms with Crippen molar-refractivity contribution in [2.24, 2.45) is 0 Å². The van der Waals surface area contributed by atoms with Gasteiger partial charge in [0.25, 0.3) is 5.91 Å². The molecule has 2 amide bonds. The van der Waals surface area contributed by atoms with Gasteiger partial charge < -0.3 is 15.2 Å². The normalized spacial score (nSPS) is 12.0. The maximum absolute atomic E-state index is 13.9. The van der Waals surface area contributed by atoms with Gasteiger partial charge in [0.2, 0.25) is 11.7 Å². The Morgan fingerprint density at radius 1 is 1.05 bits per heavy atom. The zero-order valence-electron chi connectivity index (χ0n) is 22.6. The summed E-state index contributed by atoms with van der Waals surface area (Å²) in [7, 11) is 1.55. The number of phenols is 1. The van der Waals surface area contributed by atoms with Crippen LogP contribution in [-0.4, -0.2) is 49.8 Å². The number of ether oxygens (including phenoxy) is 1. The molecule has 202 valence electrons. The molecule has 10 heteroatoms. The number of rotatable bonds is 8.